The number of rotatable bonds is 18. The fourth-order valence-corrected chi connectivity index (χ4v) is 10.9. The summed E-state index contributed by atoms with van der Waals surface area (Å²) in [5.41, 5.74) is 1.67. The van der Waals surface area contributed by atoms with Crippen LogP contribution >= 0.6 is 24.1 Å². The van der Waals surface area contributed by atoms with E-state index in [-0.39, 0.29) is 40.3 Å². The maximum absolute atomic E-state index is 12.9. The van der Waals surface area contributed by atoms with Crippen LogP contribution in [0.15, 0.2) is 117 Å². The van der Waals surface area contributed by atoms with Crippen molar-refractivity contribution in [1.82, 2.24) is 29.9 Å². The van der Waals surface area contributed by atoms with Crippen LogP contribution in [0.4, 0.5) is 58.4 Å². The highest BCUT2D eigenvalue weighted by Crippen LogP contribution is 2.40. The number of hydrogen-bond acceptors (Lipinski definition) is 24. The molecule has 0 aliphatic carbocycles. The number of nitrogens with one attached hydrogen (secondary N) is 4. The average Bonchev–Trinajstić information content (AvgIpc) is 4.12. The lowest BCUT2D eigenvalue weighted by Gasteiger charge is -2.19. The van der Waals surface area contributed by atoms with Crippen molar-refractivity contribution in [2.24, 2.45) is 0 Å². The van der Waals surface area contributed by atoms with E-state index in [9.17, 15) is 25.9 Å². The third kappa shape index (κ3) is 10.7. The van der Waals surface area contributed by atoms with Gasteiger partial charge in [0.1, 0.15) is 4.90 Å². The minimum Gasteiger partial charge on any atom is -0.341 e. The molecule has 2 aliphatic rings. The molecule has 0 atom stereocenters. The Hall–Kier alpha value is -6.80. The third-order valence-electron chi connectivity index (χ3n) is 11.7. The lowest BCUT2D eigenvalue weighted by atomic mass is 10.1. The van der Waals surface area contributed by atoms with Crippen molar-refractivity contribution in [3.05, 3.63) is 97.1 Å². The molecule has 0 unspecified atom stereocenters. The molecule has 0 amide bonds. The highest BCUT2D eigenvalue weighted by Gasteiger charge is 2.25. The van der Waals surface area contributed by atoms with Crippen LogP contribution in [-0.2, 0) is 39.0 Å². The predicted molar refractivity (Wildman–Crippen MR) is 268 cm³/mol. The normalized spacial score (nSPS) is 14.2. The second kappa shape index (κ2) is 20.7. The first kappa shape index (κ1) is 48.8. The van der Waals surface area contributed by atoms with E-state index < -0.39 is 30.0 Å². The largest absolute Gasteiger partial charge is 0.341 e. The summed E-state index contributed by atoms with van der Waals surface area (Å²) in [4.78, 5) is 32.6. The quantitative estimate of drug-likeness (QED) is 0.0172. The minimum atomic E-state index is -4.93. The van der Waals surface area contributed by atoms with Crippen molar-refractivity contribution in [3.63, 3.8) is 0 Å². The van der Waals surface area contributed by atoms with Crippen LogP contribution in [0.25, 0.3) is 32.3 Å². The zero-order chi connectivity index (χ0) is 50.0. The van der Waals surface area contributed by atoms with Gasteiger partial charge >= 0.3 is 0 Å². The molecule has 4 heterocycles. The van der Waals surface area contributed by atoms with Gasteiger partial charge in [-0.25, -0.2) is 10.5 Å². The van der Waals surface area contributed by atoms with Crippen LogP contribution < -0.4 is 31.1 Å². The smallest absolute Gasteiger partial charge is 0.297 e. The molecule has 8 aromatic rings. The van der Waals surface area contributed by atoms with Gasteiger partial charge in [0.25, 0.3) is 20.2 Å². The molecule has 24 nitrogen and oxygen atoms in total. The third-order valence-corrected chi connectivity index (χ3v) is 14.8. The van der Waals surface area contributed by atoms with Gasteiger partial charge in [-0.2, -0.15) is 46.7 Å². The summed E-state index contributed by atoms with van der Waals surface area (Å²) in [6, 6.07) is 26.3. The fourth-order valence-electron chi connectivity index (χ4n) is 8.52. The van der Waals surface area contributed by atoms with Gasteiger partial charge in [-0.3, -0.25) is 9.11 Å². The summed E-state index contributed by atoms with van der Waals surface area (Å²) in [6.45, 7) is 2.82. The number of aromatic nitrogens is 6. The standard InChI is InChI=1S/C44H40N12O12S4/c57-65-67-69-27-13-15-29-25(23-27)11-17-35(37(29)70-68-66-58)47-41-49-39(51-43(53-41)55-19-1-2-20-55)45-33-9-5-8-32-31(33)7-6-10-34(32)46-40-50-42(54-44(52-40)56-21-3-4-22-56)48-36-18-12-26-24-28(71(59,60)61)14-16-30(26)38(36)72(62,63)64/h5-18,23-24,57-58H,1-4,19-22H2,(H,59,60,61)(H,62,63,64)(H2,45,47,49,51,53)(H2,46,48,50,52,54). The van der Waals surface area contributed by atoms with E-state index in [1.54, 1.807) is 24.3 Å². The molecule has 2 saturated heterocycles. The van der Waals surface area contributed by atoms with Crippen molar-refractivity contribution < 1.29 is 55.2 Å². The molecular weight excluding hydrogens is 1020 g/mol. The summed E-state index contributed by atoms with van der Waals surface area (Å²) in [5.74, 6) is 1.25. The van der Waals surface area contributed by atoms with Crippen LogP contribution in [0.3, 0.4) is 0 Å². The Kier molecular flexibility index (Phi) is 14.1. The van der Waals surface area contributed by atoms with E-state index >= 15 is 0 Å². The Labute approximate surface area is 417 Å². The Morgan fingerprint density at radius 3 is 1.50 bits per heavy atom. The first-order valence-electron chi connectivity index (χ1n) is 21.8. The van der Waals surface area contributed by atoms with E-state index in [2.05, 4.69) is 50.5 Å². The van der Waals surface area contributed by atoms with E-state index in [4.69, 9.17) is 34.8 Å². The Morgan fingerprint density at radius 2 is 0.972 bits per heavy atom. The van der Waals surface area contributed by atoms with Gasteiger partial charge in [0.05, 0.1) is 45.3 Å². The Morgan fingerprint density at radius 1 is 0.486 bits per heavy atom. The SMILES string of the molecule is O=S(=O)(O)c1ccc2c(S(=O)(=O)O)c(Nc3nc(Nc4cccc5c(Nc6nc(Nc7ccc8cc(SOOO)ccc8c7SOOO)nc(N7CCCC7)n6)cccc45)nc(N4CCCC4)n3)ccc2c1. The number of anilines is 10. The van der Waals surface area contributed by atoms with Gasteiger partial charge in [-0.15, -0.1) is 8.67 Å². The van der Waals surface area contributed by atoms with Gasteiger partial charge in [-0.1, -0.05) is 58.6 Å². The average molecular weight is 1060 g/mol. The number of fused-ring (bicyclic) bond motifs is 3. The highest BCUT2D eigenvalue weighted by atomic mass is 32.2. The van der Waals surface area contributed by atoms with E-state index in [1.165, 1.54) is 18.2 Å². The zero-order valence-electron chi connectivity index (χ0n) is 37.2. The number of nitrogens with zero attached hydrogens (tertiary/aromatic N) is 8. The van der Waals surface area contributed by atoms with Gasteiger partial charge in [0.2, 0.25) is 35.7 Å². The molecule has 2 aromatic heterocycles. The fraction of sp³-hybridized carbons (Fsp3) is 0.182. The second-order valence-electron chi connectivity index (χ2n) is 16.2. The first-order chi connectivity index (χ1) is 34.8. The zero-order valence-corrected chi connectivity index (χ0v) is 40.4. The van der Waals surface area contributed by atoms with Crippen molar-refractivity contribution in [2.45, 2.75) is 45.3 Å². The molecule has 0 saturated carbocycles. The molecule has 8 N–H and O–H groups in total. The van der Waals surface area contributed by atoms with Crippen LogP contribution in [0.1, 0.15) is 25.7 Å². The highest BCUT2D eigenvalue weighted by molar-refractivity contribution is 7.95. The molecule has 0 bridgehead atoms. The molecule has 2 fully saturated rings. The minimum absolute atomic E-state index is 0.0185. The topological polar surface area (TPSA) is 318 Å². The number of benzene rings is 6. The molecule has 6 aromatic carbocycles. The van der Waals surface area contributed by atoms with Crippen molar-refractivity contribution in [1.29, 1.82) is 0 Å². The van der Waals surface area contributed by atoms with Gasteiger partial charge < -0.3 is 31.1 Å². The lowest BCUT2D eigenvalue weighted by molar-refractivity contribution is -0.432. The summed E-state index contributed by atoms with van der Waals surface area (Å²) >= 11 is 1.57. The summed E-state index contributed by atoms with van der Waals surface area (Å²) in [5, 5.41) is 41.5. The molecule has 0 radical (unpaired) electrons. The van der Waals surface area contributed by atoms with E-state index in [0.29, 0.717) is 57.2 Å². The van der Waals surface area contributed by atoms with Crippen molar-refractivity contribution in [2.75, 3.05) is 57.2 Å². The summed E-state index contributed by atoms with van der Waals surface area (Å²) in [7, 11) is -9.54. The molecule has 10 rings (SSSR count). The number of hydrogen-bond donors (Lipinski definition) is 8. The van der Waals surface area contributed by atoms with Gasteiger partial charge in [0, 0.05) is 58.6 Å². The molecule has 72 heavy (non-hydrogen) atoms. The first-order valence-corrected chi connectivity index (χ1v) is 26.2. The van der Waals surface area contributed by atoms with Gasteiger partial charge in [0.15, 0.2) is 0 Å². The van der Waals surface area contributed by atoms with Crippen LogP contribution in [0, 0.1) is 0 Å². The van der Waals surface area contributed by atoms with Crippen molar-refractivity contribution >= 4 is 135 Å². The molecule has 2 aliphatic heterocycles. The molecular formula is C44H40N12O12S4. The van der Waals surface area contributed by atoms with Crippen LogP contribution in [0.5, 0.6) is 0 Å². The summed E-state index contributed by atoms with van der Waals surface area (Å²) < 4.78 is 79.0. The molecule has 372 valence electrons. The van der Waals surface area contributed by atoms with Crippen LogP contribution in [-0.4, -0.2) is 92.5 Å². The summed E-state index contributed by atoms with van der Waals surface area (Å²) in [6.07, 6.45) is 3.73. The van der Waals surface area contributed by atoms with Gasteiger partial charge in [-0.05, 0) is 90.4 Å². The van der Waals surface area contributed by atoms with Crippen LogP contribution in [0.2, 0.25) is 0 Å². The van der Waals surface area contributed by atoms with E-state index in [1.807, 2.05) is 47.4 Å². The predicted octanol–water partition coefficient (Wildman–Crippen LogP) is 9.04. The maximum atomic E-state index is 12.9. The lowest BCUT2D eigenvalue weighted by Crippen LogP contribution is -2.22. The second-order valence-corrected chi connectivity index (χ2v) is 20.5. The monoisotopic (exact) mass is 1060 g/mol. The Balaban J connectivity index is 0.976. The van der Waals surface area contributed by atoms with E-state index in [0.717, 1.165) is 91.1 Å². The molecule has 28 heteroatoms. The molecule has 0 spiro atoms. The Bertz CT molecular complexity index is 3590. The maximum Gasteiger partial charge on any atom is 0.297 e. The van der Waals surface area contributed by atoms with Crippen molar-refractivity contribution in [3.8, 4) is 0 Å².